The van der Waals surface area contributed by atoms with Gasteiger partial charge in [0.2, 0.25) is 0 Å². The molecule has 0 amide bonds. The Labute approximate surface area is 136 Å². The molecule has 2 unspecified atom stereocenters. The second kappa shape index (κ2) is 7.75. The highest BCUT2D eigenvalue weighted by Gasteiger charge is 2.37. The predicted octanol–water partition coefficient (Wildman–Crippen LogP) is 3.08. The Morgan fingerprint density at radius 3 is 2.62 bits per heavy atom. The maximum atomic E-state index is 5.81. The van der Waals surface area contributed by atoms with E-state index >= 15 is 0 Å². The molecule has 1 aliphatic carbocycles. The summed E-state index contributed by atoms with van der Waals surface area (Å²) in [6, 6.07) is 0.360. The molecule has 1 fully saturated rings. The Morgan fingerprint density at radius 1 is 1.43 bits per heavy atom. The van der Waals surface area contributed by atoms with Gasteiger partial charge in [-0.25, -0.2) is 0 Å². The first kappa shape index (κ1) is 17.0. The van der Waals surface area contributed by atoms with Crippen molar-refractivity contribution in [2.45, 2.75) is 58.1 Å². The van der Waals surface area contributed by atoms with Gasteiger partial charge in [-0.1, -0.05) is 13.8 Å². The van der Waals surface area contributed by atoms with Crippen LogP contribution in [0, 0.1) is 5.92 Å². The summed E-state index contributed by atoms with van der Waals surface area (Å²) in [5, 5.41) is 8.29. The summed E-state index contributed by atoms with van der Waals surface area (Å²) in [5.74, 6) is 0.724. The quantitative estimate of drug-likeness (QED) is 0.737. The Hall–Kier alpha value is -0.390. The minimum atomic E-state index is 0.309. The van der Waals surface area contributed by atoms with Crippen molar-refractivity contribution in [3.63, 3.8) is 0 Å². The Bertz CT molecular complexity index is 457. The van der Waals surface area contributed by atoms with Gasteiger partial charge in [-0.05, 0) is 54.1 Å². The smallest absolute Gasteiger partial charge is 0.0766 e. The van der Waals surface area contributed by atoms with Crippen LogP contribution in [0.5, 0.6) is 0 Å². The predicted molar refractivity (Wildman–Crippen MR) is 89.6 cm³/mol. The Kier molecular flexibility index (Phi) is 6.26. The fourth-order valence-corrected chi connectivity index (χ4v) is 3.77. The second-order valence-electron chi connectivity index (χ2n) is 5.99. The number of nitrogens with zero attached hydrogens (tertiary/aromatic N) is 2. The highest BCUT2D eigenvalue weighted by atomic mass is 79.9. The molecule has 0 aliphatic heterocycles. The van der Waals surface area contributed by atoms with Gasteiger partial charge in [0, 0.05) is 26.6 Å². The topological polar surface area (TPSA) is 39.1 Å². The van der Waals surface area contributed by atoms with E-state index in [0.29, 0.717) is 12.1 Å². The highest BCUT2D eigenvalue weighted by Crippen LogP contribution is 2.36. The molecule has 0 radical (unpaired) electrons. The summed E-state index contributed by atoms with van der Waals surface area (Å²) in [5.41, 5.74) is 2.41. The molecule has 0 aromatic carbocycles. The van der Waals surface area contributed by atoms with Crippen LogP contribution in [0.1, 0.15) is 44.5 Å². The number of hydrogen-bond donors (Lipinski definition) is 1. The summed E-state index contributed by atoms with van der Waals surface area (Å²) < 4.78 is 9.00. The third-order valence-electron chi connectivity index (χ3n) is 4.33. The van der Waals surface area contributed by atoms with Crippen molar-refractivity contribution in [1.29, 1.82) is 0 Å². The Morgan fingerprint density at radius 2 is 2.14 bits per heavy atom. The molecule has 1 saturated carbocycles. The molecule has 0 saturated heterocycles. The molecule has 0 spiro atoms. The largest absolute Gasteiger partial charge is 0.380 e. The molecule has 1 heterocycles. The van der Waals surface area contributed by atoms with Gasteiger partial charge >= 0.3 is 0 Å². The van der Waals surface area contributed by atoms with Crippen LogP contribution in [0.3, 0.4) is 0 Å². The molecular weight excluding hydrogens is 330 g/mol. The SMILES string of the molecule is CCCNC(Cc1c(Br)c(CC)nn1C)C(OC)C1CC1. The third kappa shape index (κ3) is 4.08. The molecule has 0 bridgehead atoms. The number of nitrogens with one attached hydrogen (secondary N) is 1. The summed E-state index contributed by atoms with van der Waals surface area (Å²) in [6.07, 6.45) is 5.97. The maximum Gasteiger partial charge on any atom is 0.0766 e. The van der Waals surface area contributed by atoms with E-state index in [2.05, 4.69) is 40.2 Å². The van der Waals surface area contributed by atoms with Crippen molar-refractivity contribution in [2.75, 3.05) is 13.7 Å². The van der Waals surface area contributed by atoms with E-state index in [4.69, 9.17) is 4.74 Å². The van der Waals surface area contributed by atoms with Crippen LogP contribution >= 0.6 is 15.9 Å². The molecule has 2 atom stereocenters. The lowest BCUT2D eigenvalue weighted by Crippen LogP contribution is -2.44. The normalized spacial score (nSPS) is 18.0. The first-order valence-electron chi connectivity index (χ1n) is 8.08. The van der Waals surface area contributed by atoms with Crippen molar-refractivity contribution >= 4 is 15.9 Å². The molecular formula is C16H28BrN3O. The van der Waals surface area contributed by atoms with Crippen LogP contribution in [-0.4, -0.2) is 35.6 Å². The van der Waals surface area contributed by atoms with Gasteiger partial charge in [-0.15, -0.1) is 0 Å². The van der Waals surface area contributed by atoms with Crippen LogP contribution in [0.15, 0.2) is 4.47 Å². The lowest BCUT2D eigenvalue weighted by Gasteiger charge is -2.27. The van der Waals surface area contributed by atoms with Crippen molar-refractivity contribution in [1.82, 2.24) is 15.1 Å². The summed E-state index contributed by atoms with van der Waals surface area (Å²) >= 11 is 3.73. The number of rotatable bonds is 9. The van der Waals surface area contributed by atoms with Crippen LogP contribution in [0.2, 0.25) is 0 Å². The molecule has 21 heavy (non-hydrogen) atoms. The monoisotopic (exact) mass is 357 g/mol. The standard InChI is InChI=1S/C16H28BrN3O/c1-5-9-18-13(16(21-4)11-7-8-11)10-14-15(17)12(6-2)19-20(14)3/h11,13,16,18H,5-10H2,1-4H3. The first-order valence-corrected chi connectivity index (χ1v) is 8.88. The number of ether oxygens (including phenoxy) is 1. The number of hydrogen-bond acceptors (Lipinski definition) is 3. The van der Waals surface area contributed by atoms with Crippen molar-refractivity contribution in [3.05, 3.63) is 15.9 Å². The number of halogens is 1. The zero-order chi connectivity index (χ0) is 15.4. The minimum Gasteiger partial charge on any atom is -0.380 e. The average Bonchev–Trinajstić information content (AvgIpc) is 3.27. The lowest BCUT2D eigenvalue weighted by atomic mass is 10.0. The van der Waals surface area contributed by atoms with Gasteiger partial charge in [0.25, 0.3) is 0 Å². The van der Waals surface area contributed by atoms with Crippen LogP contribution in [-0.2, 0) is 24.6 Å². The highest BCUT2D eigenvalue weighted by molar-refractivity contribution is 9.10. The second-order valence-corrected chi connectivity index (χ2v) is 6.78. The number of methoxy groups -OCH3 is 1. The summed E-state index contributed by atoms with van der Waals surface area (Å²) in [6.45, 7) is 5.39. The Balaban J connectivity index is 2.15. The first-order chi connectivity index (χ1) is 10.1. The number of aryl methyl sites for hydroxylation is 2. The molecule has 120 valence electrons. The van der Waals surface area contributed by atoms with Gasteiger partial charge < -0.3 is 10.1 Å². The van der Waals surface area contributed by atoms with E-state index < -0.39 is 0 Å². The van der Waals surface area contributed by atoms with Crippen molar-refractivity contribution < 1.29 is 4.74 Å². The van der Waals surface area contributed by atoms with Crippen molar-refractivity contribution in [3.8, 4) is 0 Å². The molecule has 2 rings (SSSR count). The maximum absolute atomic E-state index is 5.81. The lowest BCUT2D eigenvalue weighted by molar-refractivity contribution is 0.0505. The molecule has 1 aliphatic rings. The minimum absolute atomic E-state index is 0.309. The zero-order valence-electron chi connectivity index (χ0n) is 13.7. The van der Waals surface area contributed by atoms with Crippen LogP contribution in [0.25, 0.3) is 0 Å². The van der Waals surface area contributed by atoms with Gasteiger partial charge in [0.1, 0.15) is 0 Å². The fraction of sp³-hybridized carbons (Fsp3) is 0.812. The van der Waals surface area contributed by atoms with E-state index in [1.165, 1.54) is 23.0 Å². The summed E-state index contributed by atoms with van der Waals surface area (Å²) in [4.78, 5) is 0. The molecule has 1 aromatic heterocycles. The van der Waals surface area contributed by atoms with E-state index in [9.17, 15) is 0 Å². The summed E-state index contributed by atoms with van der Waals surface area (Å²) in [7, 11) is 3.88. The van der Waals surface area contributed by atoms with E-state index in [-0.39, 0.29) is 0 Å². The molecule has 1 N–H and O–H groups in total. The van der Waals surface area contributed by atoms with Crippen LogP contribution in [0.4, 0.5) is 0 Å². The van der Waals surface area contributed by atoms with E-state index in [1.54, 1.807) is 0 Å². The van der Waals surface area contributed by atoms with Gasteiger partial charge in [-0.2, -0.15) is 5.10 Å². The van der Waals surface area contributed by atoms with E-state index in [1.807, 2.05) is 18.8 Å². The number of aromatic nitrogens is 2. The third-order valence-corrected chi connectivity index (χ3v) is 5.24. The van der Waals surface area contributed by atoms with Gasteiger partial charge in [-0.3, -0.25) is 4.68 Å². The van der Waals surface area contributed by atoms with Gasteiger partial charge in [0.15, 0.2) is 0 Å². The molecule has 5 heteroatoms. The van der Waals surface area contributed by atoms with Crippen molar-refractivity contribution in [2.24, 2.45) is 13.0 Å². The van der Waals surface area contributed by atoms with Crippen LogP contribution < -0.4 is 5.32 Å². The fourth-order valence-electron chi connectivity index (χ4n) is 2.99. The average molecular weight is 358 g/mol. The van der Waals surface area contributed by atoms with E-state index in [0.717, 1.165) is 37.4 Å². The molecule has 4 nitrogen and oxygen atoms in total. The van der Waals surface area contributed by atoms with Gasteiger partial charge in [0.05, 0.1) is 22.0 Å². The molecule has 1 aromatic rings. The zero-order valence-corrected chi connectivity index (χ0v) is 15.2.